The number of carbonyl (C=O) groups is 3. The quantitative estimate of drug-likeness (QED) is 0.232. The number of hydrogen-bond acceptors (Lipinski definition) is 4. The molecule has 4 bridgehead atoms. The molecule has 7 nitrogen and oxygen atoms in total. The summed E-state index contributed by atoms with van der Waals surface area (Å²) in [4.78, 5) is 40.2. The lowest BCUT2D eigenvalue weighted by Crippen LogP contribution is -2.59. The van der Waals surface area contributed by atoms with Gasteiger partial charge in [0.1, 0.15) is 5.75 Å². The van der Waals surface area contributed by atoms with Gasteiger partial charge in [-0.05, 0) is 135 Å². The highest BCUT2D eigenvalue weighted by Gasteiger charge is 2.51. The van der Waals surface area contributed by atoms with Crippen LogP contribution in [-0.2, 0) is 11.2 Å². The highest BCUT2D eigenvalue weighted by Crippen LogP contribution is 2.55. The third-order valence-electron chi connectivity index (χ3n) is 10.0. The minimum Gasteiger partial charge on any atom is -0.497 e. The molecule has 0 atom stereocenters. The first-order valence-corrected chi connectivity index (χ1v) is 15.8. The topological polar surface area (TPSA) is 89.4 Å². The van der Waals surface area contributed by atoms with Crippen molar-refractivity contribution in [1.29, 1.82) is 0 Å². The summed E-state index contributed by atoms with van der Waals surface area (Å²) in [6, 6.07) is 19.4. The predicted molar refractivity (Wildman–Crippen MR) is 172 cm³/mol. The zero-order chi connectivity index (χ0) is 30.6. The van der Waals surface area contributed by atoms with Gasteiger partial charge in [-0.1, -0.05) is 11.6 Å². The summed E-state index contributed by atoms with van der Waals surface area (Å²) in [6.07, 6.45) is 7.36. The summed E-state index contributed by atoms with van der Waals surface area (Å²) in [7, 11) is 1.59. The molecule has 44 heavy (non-hydrogen) atoms. The molecular formula is C36H36ClN3O4. The van der Waals surface area contributed by atoms with Crippen molar-refractivity contribution in [2.24, 2.45) is 17.8 Å². The monoisotopic (exact) mass is 609 g/mol. The van der Waals surface area contributed by atoms with E-state index >= 15 is 0 Å². The van der Waals surface area contributed by atoms with E-state index in [0.717, 1.165) is 48.0 Å². The van der Waals surface area contributed by atoms with E-state index < -0.39 is 0 Å². The van der Waals surface area contributed by atoms with Gasteiger partial charge in [0.25, 0.3) is 11.8 Å². The average molecular weight is 610 g/mol. The number of halogens is 1. The Morgan fingerprint density at radius 2 is 1.50 bits per heavy atom. The Morgan fingerprint density at radius 3 is 2.11 bits per heavy atom. The molecular weight excluding hydrogens is 574 g/mol. The van der Waals surface area contributed by atoms with Gasteiger partial charge in [0.05, 0.1) is 19.0 Å². The molecule has 8 heteroatoms. The second kappa shape index (κ2) is 11.1. The van der Waals surface area contributed by atoms with Crippen LogP contribution in [0.15, 0.2) is 66.7 Å². The lowest BCUT2D eigenvalue weighted by Gasteiger charge is -2.56. The van der Waals surface area contributed by atoms with Crippen LogP contribution >= 0.6 is 11.6 Å². The van der Waals surface area contributed by atoms with E-state index in [9.17, 15) is 14.4 Å². The molecule has 2 N–H and O–H groups in total. The predicted octanol–water partition coefficient (Wildman–Crippen LogP) is 7.18. The zero-order valence-electron chi connectivity index (χ0n) is 25.0. The Hall–Kier alpha value is -4.10. The zero-order valence-corrected chi connectivity index (χ0v) is 25.7. The molecule has 1 aromatic heterocycles. The van der Waals surface area contributed by atoms with Crippen molar-refractivity contribution in [3.05, 3.63) is 94.1 Å². The maximum absolute atomic E-state index is 13.6. The molecule has 3 aromatic carbocycles. The first-order chi connectivity index (χ1) is 21.2. The molecule has 0 radical (unpaired) electrons. The standard InChI is InChI=1S/C36H36ClN3O4/c1-21-30(31-16-29(44-2)11-12-32(31)40(21)35(43)26-3-7-27(37)8-4-26)17-33(41)38-28-9-5-25(6-10-28)34(42)39-36-18-22-13-23(19-36)15-24(14-22)20-36/h3-12,16,22-24H,13-15,17-20H2,1-2H3,(H,38,41)(H,39,42). The molecule has 8 rings (SSSR count). The summed E-state index contributed by atoms with van der Waals surface area (Å²) in [5.74, 6) is 2.45. The first kappa shape index (κ1) is 28.7. The number of amides is 2. The van der Waals surface area contributed by atoms with Gasteiger partial charge >= 0.3 is 0 Å². The third-order valence-corrected chi connectivity index (χ3v) is 10.3. The molecule has 1 heterocycles. The van der Waals surface area contributed by atoms with Gasteiger partial charge < -0.3 is 15.4 Å². The number of aromatic nitrogens is 1. The van der Waals surface area contributed by atoms with Gasteiger partial charge in [0, 0.05) is 38.5 Å². The largest absolute Gasteiger partial charge is 0.497 e. The lowest BCUT2D eigenvalue weighted by molar-refractivity contribution is -0.115. The van der Waals surface area contributed by atoms with E-state index in [2.05, 4.69) is 10.6 Å². The second-order valence-corrected chi connectivity index (χ2v) is 13.5. The molecule has 4 aromatic rings. The molecule has 226 valence electrons. The molecule has 0 spiro atoms. The smallest absolute Gasteiger partial charge is 0.262 e. The molecule has 0 aliphatic heterocycles. The Balaban J connectivity index is 1.07. The Kier molecular flexibility index (Phi) is 7.24. The van der Waals surface area contributed by atoms with Crippen molar-refractivity contribution in [3.63, 3.8) is 0 Å². The van der Waals surface area contributed by atoms with Gasteiger partial charge in [-0.15, -0.1) is 0 Å². The van der Waals surface area contributed by atoms with E-state index in [4.69, 9.17) is 16.3 Å². The van der Waals surface area contributed by atoms with E-state index in [0.29, 0.717) is 38.8 Å². The number of anilines is 1. The van der Waals surface area contributed by atoms with E-state index in [1.165, 1.54) is 19.3 Å². The maximum atomic E-state index is 13.6. The number of nitrogens with zero attached hydrogens (tertiary/aromatic N) is 1. The van der Waals surface area contributed by atoms with Crippen LogP contribution < -0.4 is 15.4 Å². The van der Waals surface area contributed by atoms with Gasteiger partial charge in [0.2, 0.25) is 5.91 Å². The van der Waals surface area contributed by atoms with Crippen molar-refractivity contribution in [1.82, 2.24) is 9.88 Å². The van der Waals surface area contributed by atoms with Gasteiger partial charge in [-0.2, -0.15) is 0 Å². The first-order valence-electron chi connectivity index (χ1n) is 15.4. The summed E-state index contributed by atoms with van der Waals surface area (Å²) < 4.78 is 7.09. The summed E-state index contributed by atoms with van der Waals surface area (Å²) >= 11 is 6.04. The number of methoxy groups -OCH3 is 1. The number of hydrogen-bond donors (Lipinski definition) is 2. The number of fused-ring (bicyclic) bond motifs is 1. The molecule has 2 amide bonds. The summed E-state index contributed by atoms with van der Waals surface area (Å²) in [6.45, 7) is 1.85. The maximum Gasteiger partial charge on any atom is 0.262 e. The minimum atomic E-state index is -0.223. The minimum absolute atomic E-state index is 0.0347. The summed E-state index contributed by atoms with van der Waals surface area (Å²) in [5.41, 5.74) is 3.77. The molecule has 4 aliphatic carbocycles. The number of nitrogens with one attached hydrogen (secondary N) is 2. The normalized spacial score (nSPS) is 23.5. The fourth-order valence-corrected chi connectivity index (χ4v) is 8.57. The molecule has 4 fully saturated rings. The third kappa shape index (κ3) is 5.28. The van der Waals surface area contributed by atoms with Crippen LogP contribution in [0, 0.1) is 24.7 Å². The second-order valence-electron chi connectivity index (χ2n) is 13.0. The Morgan fingerprint density at radius 1 is 0.886 bits per heavy atom. The number of rotatable bonds is 7. The number of carbonyl (C=O) groups excluding carboxylic acids is 3. The van der Waals surface area contributed by atoms with Crippen LogP contribution in [0.1, 0.15) is 70.5 Å². The van der Waals surface area contributed by atoms with Crippen molar-refractivity contribution in [2.45, 2.75) is 57.4 Å². The van der Waals surface area contributed by atoms with Crippen molar-refractivity contribution >= 4 is 45.9 Å². The molecule has 4 saturated carbocycles. The van der Waals surface area contributed by atoms with E-state index in [1.807, 2.05) is 19.1 Å². The van der Waals surface area contributed by atoms with Crippen LogP contribution in [0.2, 0.25) is 5.02 Å². The fourth-order valence-electron chi connectivity index (χ4n) is 8.44. The van der Waals surface area contributed by atoms with Crippen LogP contribution in [0.4, 0.5) is 5.69 Å². The molecule has 0 saturated heterocycles. The summed E-state index contributed by atoms with van der Waals surface area (Å²) in [5, 5.41) is 7.71. The Bertz CT molecular complexity index is 1740. The van der Waals surface area contributed by atoms with Crippen LogP contribution in [0.25, 0.3) is 10.9 Å². The van der Waals surface area contributed by atoms with E-state index in [-0.39, 0.29) is 29.7 Å². The van der Waals surface area contributed by atoms with Gasteiger partial charge in [-0.3, -0.25) is 19.0 Å². The highest BCUT2D eigenvalue weighted by molar-refractivity contribution is 6.30. The van der Waals surface area contributed by atoms with Crippen LogP contribution in [0.5, 0.6) is 5.75 Å². The van der Waals surface area contributed by atoms with Gasteiger partial charge in [-0.25, -0.2) is 0 Å². The highest BCUT2D eigenvalue weighted by atomic mass is 35.5. The van der Waals surface area contributed by atoms with Crippen LogP contribution in [-0.4, -0.2) is 34.9 Å². The SMILES string of the molecule is COc1ccc2c(c1)c(CC(=O)Nc1ccc(C(=O)NC34CC5CC(CC(C5)C3)C4)cc1)c(C)n2C(=O)c1ccc(Cl)cc1. The lowest BCUT2D eigenvalue weighted by atomic mass is 9.53. The van der Waals surface area contributed by atoms with E-state index in [1.54, 1.807) is 66.3 Å². The average Bonchev–Trinajstić information content (AvgIpc) is 3.26. The van der Waals surface area contributed by atoms with Gasteiger partial charge in [0.15, 0.2) is 0 Å². The number of benzene rings is 3. The fraction of sp³-hybridized carbons (Fsp3) is 0.361. The Labute approximate surface area is 261 Å². The van der Waals surface area contributed by atoms with Crippen molar-refractivity contribution in [2.75, 3.05) is 12.4 Å². The molecule has 4 aliphatic rings. The molecule has 0 unspecified atom stereocenters. The van der Waals surface area contributed by atoms with Crippen LogP contribution in [0.3, 0.4) is 0 Å². The number of ether oxygens (including phenoxy) is 1. The van der Waals surface area contributed by atoms with Crippen molar-refractivity contribution < 1.29 is 19.1 Å². The van der Waals surface area contributed by atoms with Crippen molar-refractivity contribution in [3.8, 4) is 5.75 Å².